The minimum absolute atomic E-state index is 0.0500. The van der Waals surface area contributed by atoms with Crippen LogP contribution >= 0.6 is 0 Å². The van der Waals surface area contributed by atoms with Crippen molar-refractivity contribution < 1.29 is 23.9 Å². The molecule has 190 valence electrons. The van der Waals surface area contributed by atoms with Gasteiger partial charge < -0.3 is 24.8 Å². The number of hydrogen-bond acceptors (Lipinski definition) is 6. The van der Waals surface area contributed by atoms with Gasteiger partial charge in [0.2, 0.25) is 11.8 Å². The highest BCUT2D eigenvalue weighted by atomic mass is 16.5. The summed E-state index contributed by atoms with van der Waals surface area (Å²) in [7, 11) is 4.55. The van der Waals surface area contributed by atoms with E-state index in [1.165, 1.54) is 36.7 Å². The van der Waals surface area contributed by atoms with Gasteiger partial charge >= 0.3 is 6.03 Å². The maximum Gasteiger partial charge on any atom is 0.321 e. The van der Waals surface area contributed by atoms with Crippen molar-refractivity contribution >= 4 is 23.8 Å². The molecule has 1 aliphatic rings. The van der Waals surface area contributed by atoms with Crippen LogP contribution in [0.2, 0.25) is 0 Å². The van der Waals surface area contributed by atoms with Gasteiger partial charge in [0, 0.05) is 34.1 Å². The van der Waals surface area contributed by atoms with Crippen LogP contribution in [-0.4, -0.2) is 105 Å². The Labute approximate surface area is 198 Å². The number of rotatable bonds is 13. The molecule has 1 fully saturated rings. The second kappa shape index (κ2) is 14.8. The highest BCUT2D eigenvalue weighted by Gasteiger charge is 2.35. The number of nitrogens with zero attached hydrogens (tertiary/aromatic N) is 3. The van der Waals surface area contributed by atoms with E-state index in [1.807, 2.05) is 20.8 Å². The zero-order chi connectivity index (χ0) is 25.0. The molecule has 10 heteroatoms. The molecule has 0 bridgehead atoms. The molecular weight excluding hydrogens is 426 g/mol. The molecule has 0 unspecified atom stereocenters. The maximum absolute atomic E-state index is 13.5. The number of ether oxygens (including phenoxy) is 1. The topological polar surface area (TPSA) is 111 Å². The highest BCUT2D eigenvalue weighted by molar-refractivity contribution is 5.99. The van der Waals surface area contributed by atoms with E-state index >= 15 is 0 Å². The van der Waals surface area contributed by atoms with E-state index in [2.05, 4.69) is 15.5 Å². The number of amides is 5. The number of hydrogen-bond donors (Lipinski definition) is 2. The molecule has 0 saturated carbocycles. The van der Waals surface area contributed by atoms with Gasteiger partial charge in [0.15, 0.2) is 0 Å². The lowest BCUT2D eigenvalue weighted by Gasteiger charge is -2.34. The van der Waals surface area contributed by atoms with Crippen LogP contribution in [0.1, 0.15) is 52.9 Å². The third kappa shape index (κ3) is 9.67. The summed E-state index contributed by atoms with van der Waals surface area (Å²) in [6.07, 6.45) is 3.75. The summed E-state index contributed by atoms with van der Waals surface area (Å²) < 4.78 is 5.83. The van der Waals surface area contributed by atoms with Crippen LogP contribution < -0.4 is 10.6 Å². The van der Waals surface area contributed by atoms with Gasteiger partial charge in [-0.1, -0.05) is 20.8 Å². The first-order chi connectivity index (χ1) is 15.6. The summed E-state index contributed by atoms with van der Waals surface area (Å²) in [5.41, 5.74) is 0. The van der Waals surface area contributed by atoms with Crippen molar-refractivity contribution in [2.75, 3.05) is 54.0 Å². The molecule has 5 amide bonds. The normalized spacial score (nSPS) is 15.7. The molecule has 0 aliphatic carbocycles. The summed E-state index contributed by atoms with van der Waals surface area (Å²) in [5, 5.41) is 4.61. The Kier molecular flexibility index (Phi) is 13.0. The first-order valence-electron chi connectivity index (χ1n) is 12.0. The molecule has 2 atom stereocenters. The van der Waals surface area contributed by atoms with Crippen LogP contribution in [0.4, 0.5) is 4.79 Å². The molecule has 0 aromatic carbocycles. The Morgan fingerprint density at radius 1 is 1.03 bits per heavy atom. The standard InChI is InChI=1S/C23H43N5O5/c1-7-10-20(29)26(5)19(16-33-14-13-28-11-8-9-12-28)22(31)27(6)18(15-17(2)3)21(30)25-23(32)24-4/h17-19H,7-16H2,1-6H3,(H2,24,25,30,32)/t18-,19+/m0/s1. The zero-order valence-corrected chi connectivity index (χ0v) is 21.2. The molecule has 10 nitrogen and oxygen atoms in total. The first-order valence-corrected chi connectivity index (χ1v) is 12.0. The molecule has 33 heavy (non-hydrogen) atoms. The number of carbonyl (C=O) groups excluding carboxylic acids is 4. The summed E-state index contributed by atoms with van der Waals surface area (Å²) in [5.74, 6) is -0.992. The fraction of sp³-hybridized carbons (Fsp3) is 0.826. The van der Waals surface area contributed by atoms with Crippen molar-refractivity contribution in [3.63, 3.8) is 0 Å². The zero-order valence-electron chi connectivity index (χ0n) is 21.2. The van der Waals surface area contributed by atoms with E-state index in [1.54, 1.807) is 7.05 Å². The summed E-state index contributed by atoms with van der Waals surface area (Å²) in [6.45, 7) is 9.20. The van der Waals surface area contributed by atoms with Crippen LogP contribution in [0, 0.1) is 5.92 Å². The Hall–Kier alpha value is -2.20. The molecule has 2 N–H and O–H groups in total. The summed E-state index contributed by atoms with van der Waals surface area (Å²) >= 11 is 0. The van der Waals surface area contributed by atoms with Gasteiger partial charge in [-0.25, -0.2) is 4.79 Å². The van der Waals surface area contributed by atoms with Gasteiger partial charge in [-0.2, -0.15) is 0 Å². The van der Waals surface area contributed by atoms with E-state index in [0.717, 1.165) is 19.6 Å². The third-order valence-electron chi connectivity index (χ3n) is 5.91. The van der Waals surface area contributed by atoms with Gasteiger partial charge in [-0.15, -0.1) is 0 Å². The number of imide groups is 1. The molecule has 1 heterocycles. The second-order valence-electron chi connectivity index (χ2n) is 9.06. The number of likely N-dealkylation sites (tertiary alicyclic amines) is 1. The molecular formula is C23H43N5O5. The van der Waals surface area contributed by atoms with Gasteiger partial charge in [-0.05, 0) is 44.7 Å². The van der Waals surface area contributed by atoms with Gasteiger partial charge in [0.05, 0.1) is 13.2 Å². The summed E-state index contributed by atoms with van der Waals surface area (Å²) in [4.78, 5) is 55.6. The van der Waals surface area contributed by atoms with E-state index < -0.39 is 24.0 Å². The first kappa shape index (κ1) is 28.8. The molecule has 0 spiro atoms. The fourth-order valence-electron chi connectivity index (χ4n) is 3.84. The molecule has 1 aliphatic heterocycles. The van der Waals surface area contributed by atoms with Gasteiger partial charge in [-0.3, -0.25) is 19.7 Å². The average Bonchev–Trinajstić information content (AvgIpc) is 3.29. The summed E-state index contributed by atoms with van der Waals surface area (Å²) in [6, 6.07) is -2.33. The third-order valence-corrected chi connectivity index (χ3v) is 5.91. The lowest BCUT2D eigenvalue weighted by Crippen LogP contribution is -2.57. The van der Waals surface area contributed by atoms with E-state index in [0.29, 0.717) is 25.9 Å². The predicted octanol–water partition coefficient (Wildman–Crippen LogP) is 1.05. The largest absolute Gasteiger partial charge is 0.377 e. The van der Waals surface area contributed by atoms with Crippen molar-refractivity contribution in [2.24, 2.45) is 5.92 Å². The SMILES string of the molecule is CCCC(=O)N(C)[C@H](COCCN1CCCC1)C(=O)N(C)[C@@H](CC(C)C)C(=O)NC(=O)NC. The van der Waals surface area contributed by atoms with Gasteiger partial charge in [0.25, 0.3) is 5.91 Å². The Morgan fingerprint density at radius 3 is 2.21 bits per heavy atom. The smallest absolute Gasteiger partial charge is 0.321 e. The van der Waals surface area contributed by atoms with Crippen LogP contribution in [0.5, 0.6) is 0 Å². The Morgan fingerprint density at radius 2 is 1.67 bits per heavy atom. The average molecular weight is 470 g/mol. The van der Waals surface area contributed by atoms with Crippen molar-refractivity contribution in [2.45, 2.75) is 65.0 Å². The van der Waals surface area contributed by atoms with Crippen molar-refractivity contribution in [1.29, 1.82) is 0 Å². The monoisotopic (exact) mass is 469 g/mol. The molecule has 0 radical (unpaired) electrons. The lowest BCUT2D eigenvalue weighted by atomic mass is 10.0. The number of likely N-dealkylation sites (N-methyl/N-ethyl adjacent to an activating group) is 2. The van der Waals surface area contributed by atoms with Crippen LogP contribution in [-0.2, 0) is 19.1 Å². The Balaban J connectivity index is 2.95. The van der Waals surface area contributed by atoms with E-state index in [-0.39, 0.29) is 24.3 Å². The molecule has 0 aromatic heterocycles. The maximum atomic E-state index is 13.5. The number of urea groups is 1. The quantitative estimate of drug-likeness (QED) is 0.390. The van der Waals surface area contributed by atoms with Gasteiger partial charge in [0.1, 0.15) is 12.1 Å². The molecule has 1 saturated heterocycles. The molecule has 1 rings (SSSR count). The van der Waals surface area contributed by atoms with Crippen molar-refractivity contribution in [3.8, 4) is 0 Å². The van der Waals surface area contributed by atoms with Crippen LogP contribution in [0.25, 0.3) is 0 Å². The second-order valence-corrected chi connectivity index (χ2v) is 9.06. The minimum Gasteiger partial charge on any atom is -0.377 e. The highest BCUT2D eigenvalue weighted by Crippen LogP contribution is 2.15. The lowest BCUT2D eigenvalue weighted by molar-refractivity contribution is -0.150. The van der Waals surface area contributed by atoms with E-state index in [9.17, 15) is 19.2 Å². The van der Waals surface area contributed by atoms with E-state index in [4.69, 9.17) is 4.74 Å². The van der Waals surface area contributed by atoms with Crippen molar-refractivity contribution in [1.82, 2.24) is 25.3 Å². The fourth-order valence-corrected chi connectivity index (χ4v) is 3.84. The molecule has 0 aromatic rings. The van der Waals surface area contributed by atoms with Crippen LogP contribution in [0.3, 0.4) is 0 Å². The van der Waals surface area contributed by atoms with Crippen molar-refractivity contribution in [3.05, 3.63) is 0 Å². The van der Waals surface area contributed by atoms with Crippen LogP contribution in [0.15, 0.2) is 0 Å². The number of nitrogens with one attached hydrogen (secondary N) is 2. The Bertz CT molecular complexity index is 651. The minimum atomic E-state index is -0.852. The number of carbonyl (C=O) groups is 4. The predicted molar refractivity (Wildman–Crippen MR) is 127 cm³/mol.